The molecule has 0 bridgehead atoms. The molecule has 1 aromatic heterocycles. The van der Waals surface area contributed by atoms with Crippen molar-refractivity contribution in [3.8, 4) is 0 Å². The normalized spacial score (nSPS) is 12.1. The first-order chi connectivity index (χ1) is 12.4. The summed E-state index contributed by atoms with van der Waals surface area (Å²) in [4.78, 5) is 16.1. The Hall–Kier alpha value is -2.21. The summed E-state index contributed by atoms with van der Waals surface area (Å²) in [5.74, 6) is 0.798. The molecule has 0 radical (unpaired) electrons. The number of rotatable bonds is 7. The summed E-state index contributed by atoms with van der Waals surface area (Å²) in [5, 5.41) is 6.70. The van der Waals surface area contributed by atoms with Crippen LogP contribution in [0.25, 0.3) is 0 Å². The van der Waals surface area contributed by atoms with Crippen LogP contribution in [0.4, 0.5) is 0 Å². The number of guanidine groups is 1. The second-order valence-electron chi connectivity index (χ2n) is 6.73. The first-order valence-corrected chi connectivity index (χ1v) is 9.89. The monoisotopic (exact) mass is 372 g/mol. The molecule has 1 aromatic carbocycles. The summed E-state index contributed by atoms with van der Waals surface area (Å²) in [6, 6.07) is 13.5. The highest BCUT2D eigenvalue weighted by Gasteiger charge is 2.15. The quantitative estimate of drug-likeness (QED) is 0.580. The fourth-order valence-corrected chi connectivity index (χ4v) is 2.54. The molecule has 26 heavy (non-hydrogen) atoms. The van der Waals surface area contributed by atoms with Gasteiger partial charge in [0.25, 0.3) is 5.56 Å². The molecule has 0 saturated carbocycles. The Morgan fingerprint density at radius 2 is 1.81 bits per heavy atom. The van der Waals surface area contributed by atoms with Gasteiger partial charge in [-0.05, 0) is 37.3 Å². The van der Waals surface area contributed by atoms with Crippen LogP contribution in [0.5, 0.6) is 0 Å². The predicted octanol–water partition coefficient (Wildman–Crippen LogP) is 2.70. The summed E-state index contributed by atoms with van der Waals surface area (Å²) < 4.78 is 1.86. The predicted molar refractivity (Wildman–Crippen MR) is 112 cm³/mol. The Kier molecular flexibility index (Phi) is 7.33. The molecular formula is C20H28N4OS. The van der Waals surface area contributed by atoms with Crippen molar-refractivity contribution in [1.82, 2.24) is 15.2 Å². The van der Waals surface area contributed by atoms with E-state index in [0.29, 0.717) is 13.1 Å². The Bertz CT molecular complexity index is 781. The molecule has 2 N–H and O–H groups in total. The number of pyridine rings is 1. The average Bonchev–Trinajstić information content (AvgIpc) is 2.65. The van der Waals surface area contributed by atoms with Crippen LogP contribution in [0, 0.1) is 0 Å². The molecule has 2 aromatic rings. The molecule has 0 saturated heterocycles. The third-order valence-electron chi connectivity index (χ3n) is 4.19. The van der Waals surface area contributed by atoms with Gasteiger partial charge >= 0.3 is 0 Å². The largest absolute Gasteiger partial charge is 0.355 e. The number of hydrogen-bond acceptors (Lipinski definition) is 3. The highest BCUT2D eigenvalue weighted by molar-refractivity contribution is 7.99. The fraction of sp³-hybridized carbons (Fsp3) is 0.400. The number of nitrogens with zero attached hydrogens (tertiary/aromatic N) is 2. The summed E-state index contributed by atoms with van der Waals surface area (Å²) >= 11 is 1.83. The second kappa shape index (κ2) is 9.48. The van der Waals surface area contributed by atoms with E-state index < -0.39 is 0 Å². The lowest BCUT2D eigenvalue weighted by Gasteiger charge is -2.23. The van der Waals surface area contributed by atoms with Crippen molar-refractivity contribution in [1.29, 1.82) is 0 Å². The van der Waals surface area contributed by atoms with E-state index in [2.05, 4.69) is 60.0 Å². The smallest absolute Gasteiger partial charge is 0.250 e. The van der Waals surface area contributed by atoms with E-state index in [-0.39, 0.29) is 10.3 Å². The van der Waals surface area contributed by atoms with Gasteiger partial charge in [-0.1, -0.05) is 30.3 Å². The maximum atomic E-state index is 11.8. The van der Waals surface area contributed by atoms with Crippen molar-refractivity contribution in [3.05, 3.63) is 70.1 Å². The Labute approximate surface area is 159 Å². The molecule has 5 nitrogen and oxygen atoms in total. The van der Waals surface area contributed by atoms with Crippen LogP contribution in [-0.4, -0.2) is 35.1 Å². The minimum absolute atomic E-state index is 0.0151. The highest BCUT2D eigenvalue weighted by Crippen LogP contribution is 2.19. The van der Waals surface area contributed by atoms with Crippen molar-refractivity contribution in [3.63, 3.8) is 0 Å². The van der Waals surface area contributed by atoms with Crippen LogP contribution in [0.3, 0.4) is 0 Å². The van der Waals surface area contributed by atoms with Crippen LogP contribution in [0.1, 0.15) is 25.0 Å². The molecule has 0 aliphatic heterocycles. The van der Waals surface area contributed by atoms with Gasteiger partial charge in [0, 0.05) is 37.1 Å². The molecule has 0 fully saturated rings. The van der Waals surface area contributed by atoms with Crippen LogP contribution in [0.2, 0.25) is 0 Å². The van der Waals surface area contributed by atoms with Gasteiger partial charge in [0.2, 0.25) is 0 Å². The van der Waals surface area contributed by atoms with Crippen molar-refractivity contribution < 1.29 is 0 Å². The van der Waals surface area contributed by atoms with E-state index in [1.165, 1.54) is 5.56 Å². The van der Waals surface area contributed by atoms with E-state index in [4.69, 9.17) is 0 Å². The zero-order valence-corrected chi connectivity index (χ0v) is 16.8. The fourth-order valence-electron chi connectivity index (χ4n) is 2.33. The molecule has 0 atom stereocenters. The van der Waals surface area contributed by atoms with Crippen molar-refractivity contribution in [2.75, 3.05) is 19.8 Å². The standard InChI is InChI=1S/C20H28N4OS/c1-20(2,26-4)15-23-19(21-3)22-13-16-8-10-17(11-9-16)14-24-12-6-5-7-18(24)25/h5-12H,13-15H2,1-4H3,(H2,21,22,23). The maximum absolute atomic E-state index is 11.8. The molecule has 6 heteroatoms. The average molecular weight is 373 g/mol. The number of aromatic nitrogens is 1. The topological polar surface area (TPSA) is 58.4 Å². The van der Waals surface area contributed by atoms with Crippen LogP contribution < -0.4 is 16.2 Å². The third-order valence-corrected chi connectivity index (χ3v) is 5.44. The molecule has 1 heterocycles. The molecule has 0 aliphatic rings. The lowest BCUT2D eigenvalue weighted by Crippen LogP contribution is -2.42. The Balaban J connectivity index is 1.88. The van der Waals surface area contributed by atoms with E-state index in [1.54, 1.807) is 23.7 Å². The van der Waals surface area contributed by atoms with Gasteiger partial charge in [-0.2, -0.15) is 11.8 Å². The number of hydrogen-bond donors (Lipinski definition) is 2. The van der Waals surface area contributed by atoms with Crippen LogP contribution in [0.15, 0.2) is 58.4 Å². The van der Waals surface area contributed by atoms with Crippen LogP contribution in [-0.2, 0) is 13.1 Å². The first kappa shape index (κ1) is 20.1. The zero-order chi connectivity index (χ0) is 19.0. The molecule has 140 valence electrons. The number of aliphatic imine (C=N–C) groups is 1. The Morgan fingerprint density at radius 1 is 1.12 bits per heavy atom. The lowest BCUT2D eigenvalue weighted by molar-refractivity contribution is 0.664. The van der Waals surface area contributed by atoms with Gasteiger partial charge in [0.15, 0.2) is 5.96 Å². The lowest BCUT2D eigenvalue weighted by atomic mass is 10.1. The summed E-state index contributed by atoms with van der Waals surface area (Å²) in [6.45, 7) is 6.54. The van der Waals surface area contributed by atoms with Gasteiger partial charge in [-0.25, -0.2) is 0 Å². The third kappa shape index (κ3) is 6.26. The van der Waals surface area contributed by atoms with E-state index in [0.717, 1.165) is 18.1 Å². The molecule has 2 rings (SSSR count). The minimum atomic E-state index is 0.0151. The summed E-state index contributed by atoms with van der Waals surface area (Å²) in [5.41, 5.74) is 2.29. The van der Waals surface area contributed by atoms with E-state index >= 15 is 0 Å². The van der Waals surface area contributed by atoms with E-state index in [1.807, 2.05) is 24.0 Å². The van der Waals surface area contributed by atoms with Gasteiger partial charge < -0.3 is 15.2 Å². The van der Waals surface area contributed by atoms with Gasteiger partial charge in [0.05, 0.1) is 6.54 Å². The summed E-state index contributed by atoms with van der Waals surface area (Å²) in [6.07, 6.45) is 3.92. The number of nitrogens with one attached hydrogen (secondary N) is 2. The minimum Gasteiger partial charge on any atom is -0.355 e. The molecule has 0 amide bonds. The zero-order valence-electron chi connectivity index (χ0n) is 16.0. The summed E-state index contributed by atoms with van der Waals surface area (Å²) in [7, 11) is 1.78. The van der Waals surface area contributed by atoms with Gasteiger partial charge in [0.1, 0.15) is 0 Å². The first-order valence-electron chi connectivity index (χ1n) is 8.66. The second-order valence-corrected chi connectivity index (χ2v) is 8.24. The molecule has 0 unspecified atom stereocenters. The maximum Gasteiger partial charge on any atom is 0.250 e. The number of thioether (sulfide) groups is 1. The molecule has 0 aliphatic carbocycles. The molecule has 0 spiro atoms. The SMILES string of the molecule is CN=C(NCc1ccc(Cn2ccccc2=O)cc1)NCC(C)(C)SC. The van der Waals surface area contributed by atoms with Crippen molar-refractivity contribution in [2.45, 2.75) is 31.7 Å². The Morgan fingerprint density at radius 3 is 2.42 bits per heavy atom. The van der Waals surface area contributed by atoms with Crippen molar-refractivity contribution in [2.24, 2.45) is 4.99 Å². The van der Waals surface area contributed by atoms with Gasteiger partial charge in [-0.15, -0.1) is 0 Å². The van der Waals surface area contributed by atoms with E-state index in [9.17, 15) is 4.79 Å². The van der Waals surface area contributed by atoms with Crippen LogP contribution >= 0.6 is 11.8 Å². The molecular weight excluding hydrogens is 344 g/mol. The van der Waals surface area contributed by atoms with Crippen molar-refractivity contribution >= 4 is 17.7 Å². The highest BCUT2D eigenvalue weighted by atomic mass is 32.2. The van der Waals surface area contributed by atoms with Gasteiger partial charge in [-0.3, -0.25) is 9.79 Å². The number of benzene rings is 1.